The van der Waals surface area contributed by atoms with Crippen LogP contribution in [0, 0.1) is 0 Å². The summed E-state index contributed by atoms with van der Waals surface area (Å²) in [5, 5.41) is 8.41. The zero-order chi connectivity index (χ0) is 17.6. The summed E-state index contributed by atoms with van der Waals surface area (Å²) in [6.07, 6.45) is 11.5. The molecule has 0 unspecified atom stereocenters. The van der Waals surface area contributed by atoms with E-state index < -0.39 is 5.97 Å². The molecule has 0 aliphatic carbocycles. The van der Waals surface area contributed by atoms with Crippen molar-refractivity contribution in [3.63, 3.8) is 0 Å². The quantitative estimate of drug-likeness (QED) is 0.427. The molecule has 0 bridgehead atoms. The first-order valence-electron chi connectivity index (χ1n) is 8.96. The third kappa shape index (κ3) is 29.9. The van der Waals surface area contributed by atoms with E-state index in [0.29, 0.717) is 32.8 Å². The summed E-state index contributed by atoms with van der Waals surface area (Å²) in [5.41, 5.74) is 0. The molecule has 0 atom stereocenters. The fourth-order valence-electron chi connectivity index (χ4n) is 1.97. The van der Waals surface area contributed by atoms with E-state index in [-0.39, 0.29) is 0 Å². The van der Waals surface area contributed by atoms with Crippen molar-refractivity contribution in [3.8, 4) is 0 Å². The van der Waals surface area contributed by atoms with Gasteiger partial charge in [0.1, 0.15) is 0 Å². The molecule has 140 valence electrons. The van der Waals surface area contributed by atoms with Crippen molar-refractivity contribution in [1.29, 1.82) is 0 Å². The molecule has 5 nitrogen and oxygen atoms in total. The number of ether oxygens (including phenoxy) is 3. The Bertz CT molecular complexity index is 215. The number of aliphatic carboxylic acids is 1. The van der Waals surface area contributed by atoms with E-state index in [2.05, 4.69) is 6.92 Å². The average molecular weight is 334 g/mol. The first kappa shape index (κ1) is 24.6. The molecule has 0 saturated carbocycles. The molecular weight excluding hydrogens is 296 g/mol. The predicted octanol–water partition coefficient (Wildman–Crippen LogP) is 4.29. The van der Waals surface area contributed by atoms with Crippen molar-refractivity contribution < 1.29 is 24.1 Å². The molecule has 0 aliphatic rings. The van der Waals surface area contributed by atoms with Crippen LogP contribution < -0.4 is 0 Å². The van der Waals surface area contributed by atoms with E-state index in [9.17, 15) is 4.79 Å². The van der Waals surface area contributed by atoms with Crippen LogP contribution in [0.15, 0.2) is 0 Å². The van der Waals surface area contributed by atoms with Gasteiger partial charge in [0, 0.05) is 20.6 Å². The van der Waals surface area contributed by atoms with Crippen LogP contribution >= 0.6 is 0 Å². The van der Waals surface area contributed by atoms with Crippen molar-refractivity contribution in [2.75, 3.05) is 40.6 Å². The Kier molecular flexibility index (Phi) is 25.3. The van der Waals surface area contributed by atoms with Gasteiger partial charge in [-0.1, -0.05) is 58.3 Å². The number of unbranched alkanes of at least 4 members (excludes halogenated alkanes) is 8. The summed E-state index contributed by atoms with van der Waals surface area (Å²) in [5.74, 6) is -0.659. The summed E-state index contributed by atoms with van der Waals surface area (Å²) in [4.78, 5) is 10.2. The van der Waals surface area contributed by atoms with Crippen LogP contribution in [0.1, 0.15) is 71.1 Å². The maximum atomic E-state index is 10.2. The van der Waals surface area contributed by atoms with E-state index >= 15 is 0 Å². The molecule has 0 saturated heterocycles. The normalized spacial score (nSPS) is 10.2. The van der Waals surface area contributed by atoms with Gasteiger partial charge in [-0.25, -0.2) is 0 Å². The summed E-state index contributed by atoms with van der Waals surface area (Å²) in [7, 11) is 3.30. The van der Waals surface area contributed by atoms with Crippen LogP contribution in [0.3, 0.4) is 0 Å². The molecule has 0 heterocycles. The first-order valence-corrected chi connectivity index (χ1v) is 8.96. The van der Waals surface area contributed by atoms with Crippen molar-refractivity contribution in [1.82, 2.24) is 0 Å². The van der Waals surface area contributed by atoms with E-state index in [1.807, 2.05) is 0 Å². The largest absolute Gasteiger partial charge is 0.481 e. The van der Waals surface area contributed by atoms with Gasteiger partial charge in [-0.3, -0.25) is 4.79 Å². The number of hydrogen-bond acceptors (Lipinski definition) is 4. The Labute approximate surface area is 142 Å². The number of carbonyl (C=O) groups is 1. The van der Waals surface area contributed by atoms with Crippen LogP contribution in [0.2, 0.25) is 0 Å². The minimum absolute atomic E-state index is 0.343. The van der Waals surface area contributed by atoms with Gasteiger partial charge in [0.15, 0.2) is 0 Å². The Hall–Kier alpha value is -0.650. The summed E-state index contributed by atoms with van der Waals surface area (Å²) in [6.45, 7) is 4.85. The molecule has 23 heavy (non-hydrogen) atoms. The van der Waals surface area contributed by atoms with Crippen molar-refractivity contribution in [2.24, 2.45) is 0 Å². The average Bonchev–Trinajstić information content (AvgIpc) is 2.54. The lowest BCUT2D eigenvalue weighted by Gasteiger charge is -2.00. The highest BCUT2D eigenvalue weighted by Gasteiger charge is 1.96. The fraction of sp³-hybridized carbons (Fsp3) is 0.944. The van der Waals surface area contributed by atoms with Gasteiger partial charge in [-0.2, -0.15) is 0 Å². The van der Waals surface area contributed by atoms with Crippen LogP contribution in [0.25, 0.3) is 0 Å². The number of rotatable bonds is 16. The Morgan fingerprint density at radius 2 is 1.17 bits per heavy atom. The van der Waals surface area contributed by atoms with Gasteiger partial charge in [0.25, 0.3) is 0 Å². The third-order valence-electron chi connectivity index (χ3n) is 3.36. The SMILES string of the molecule is CCCCCCCCCCCC(=O)O.COCCOCCOC. The standard InChI is InChI=1S/C12H24O2.C6H14O3/c1-2-3-4-5-6-7-8-9-10-11-12(13)14;1-7-3-5-9-6-4-8-2/h2-11H2,1H3,(H,13,14);3-6H2,1-2H3. The molecule has 0 aromatic carbocycles. The number of carboxylic acids is 1. The van der Waals surface area contributed by atoms with E-state index in [4.69, 9.17) is 19.3 Å². The van der Waals surface area contributed by atoms with Gasteiger partial charge < -0.3 is 19.3 Å². The Morgan fingerprint density at radius 3 is 1.57 bits per heavy atom. The highest BCUT2D eigenvalue weighted by atomic mass is 16.5. The monoisotopic (exact) mass is 334 g/mol. The molecule has 0 radical (unpaired) electrons. The predicted molar refractivity (Wildman–Crippen MR) is 94.1 cm³/mol. The smallest absolute Gasteiger partial charge is 0.303 e. The summed E-state index contributed by atoms with van der Waals surface area (Å²) >= 11 is 0. The zero-order valence-corrected chi connectivity index (χ0v) is 15.5. The van der Waals surface area contributed by atoms with E-state index in [0.717, 1.165) is 12.8 Å². The van der Waals surface area contributed by atoms with Crippen molar-refractivity contribution in [3.05, 3.63) is 0 Å². The maximum absolute atomic E-state index is 10.2. The van der Waals surface area contributed by atoms with Gasteiger partial charge in [-0.05, 0) is 6.42 Å². The number of hydrogen-bond donors (Lipinski definition) is 1. The topological polar surface area (TPSA) is 65.0 Å². The van der Waals surface area contributed by atoms with E-state index in [1.54, 1.807) is 14.2 Å². The van der Waals surface area contributed by atoms with E-state index in [1.165, 1.54) is 44.9 Å². The Balaban J connectivity index is 0. The highest BCUT2D eigenvalue weighted by Crippen LogP contribution is 2.10. The summed E-state index contributed by atoms with van der Waals surface area (Å²) < 4.78 is 14.6. The maximum Gasteiger partial charge on any atom is 0.303 e. The second-order valence-electron chi connectivity index (χ2n) is 5.57. The second kappa shape index (κ2) is 23.6. The second-order valence-corrected chi connectivity index (χ2v) is 5.57. The molecule has 0 rings (SSSR count). The fourth-order valence-corrected chi connectivity index (χ4v) is 1.97. The molecule has 1 N–H and O–H groups in total. The summed E-state index contributed by atoms with van der Waals surface area (Å²) in [6, 6.07) is 0. The van der Waals surface area contributed by atoms with Crippen molar-refractivity contribution >= 4 is 5.97 Å². The van der Waals surface area contributed by atoms with Crippen LogP contribution in [-0.2, 0) is 19.0 Å². The molecule has 5 heteroatoms. The minimum atomic E-state index is -0.659. The lowest BCUT2D eigenvalue weighted by molar-refractivity contribution is -0.137. The number of methoxy groups -OCH3 is 2. The minimum Gasteiger partial charge on any atom is -0.481 e. The van der Waals surface area contributed by atoms with Gasteiger partial charge in [0.2, 0.25) is 0 Å². The lowest BCUT2D eigenvalue weighted by atomic mass is 10.1. The molecule has 0 aromatic rings. The van der Waals surface area contributed by atoms with Crippen LogP contribution in [0.5, 0.6) is 0 Å². The zero-order valence-electron chi connectivity index (χ0n) is 15.5. The molecule has 0 aliphatic heterocycles. The first-order chi connectivity index (χ1) is 11.2. The third-order valence-corrected chi connectivity index (χ3v) is 3.36. The molecule has 0 aromatic heterocycles. The van der Waals surface area contributed by atoms with Crippen LogP contribution in [0.4, 0.5) is 0 Å². The van der Waals surface area contributed by atoms with Crippen LogP contribution in [-0.4, -0.2) is 51.7 Å². The van der Waals surface area contributed by atoms with Gasteiger partial charge in [0.05, 0.1) is 26.4 Å². The lowest BCUT2D eigenvalue weighted by Crippen LogP contribution is -2.06. The Morgan fingerprint density at radius 1 is 0.739 bits per heavy atom. The number of carboxylic acid groups (broad SMARTS) is 1. The van der Waals surface area contributed by atoms with Crippen molar-refractivity contribution in [2.45, 2.75) is 71.1 Å². The van der Waals surface area contributed by atoms with Gasteiger partial charge >= 0.3 is 5.97 Å². The molecular formula is C18H38O5. The molecule has 0 spiro atoms. The highest BCUT2D eigenvalue weighted by molar-refractivity contribution is 5.66. The molecule has 0 amide bonds. The van der Waals surface area contributed by atoms with Gasteiger partial charge in [-0.15, -0.1) is 0 Å². The molecule has 0 fully saturated rings.